The molecule has 1 aromatic rings. The molecule has 118 valence electrons. The Bertz CT molecular complexity index is 563. The van der Waals surface area contributed by atoms with Crippen LogP contribution in [-0.4, -0.2) is 49.7 Å². The summed E-state index contributed by atoms with van der Waals surface area (Å²) >= 11 is 0. The van der Waals surface area contributed by atoms with E-state index in [0.717, 1.165) is 5.56 Å². The molecule has 6 heteroatoms. The number of likely N-dealkylation sites (N-methyl/N-ethyl adjacent to an activating group) is 2. The third kappa shape index (κ3) is 4.28. The van der Waals surface area contributed by atoms with Gasteiger partial charge in [0.15, 0.2) is 0 Å². The zero-order chi connectivity index (χ0) is 16.0. The van der Waals surface area contributed by atoms with Crippen LogP contribution < -0.4 is 0 Å². The van der Waals surface area contributed by atoms with E-state index in [1.165, 1.54) is 4.31 Å². The molecule has 0 spiro atoms. The minimum absolute atomic E-state index is 0.117. The second-order valence-electron chi connectivity index (χ2n) is 4.81. The maximum absolute atomic E-state index is 12.6. The molecule has 1 aromatic carbocycles. The molecule has 1 amide bonds. The van der Waals surface area contributed by atoms with E-state index in [1.54, 1.807) is 36.1 Å². The van der Waals surface area contributed by atoms with Crippen LogP contribution in [0.1, 0.15) is 26.3 Å². The highest BCUT2D eigenvalue weighted by Gasteiger charge is 2.26. The van der Waals surface area contributed by atoms with Crippen LogP contribution in [0.3, 0.4) is 0 Å². The lowest BCUT2D eigenvalue weighted by atomic mass is 10.2. The van der Waals surface area contributed by atoms with Gasteiger partial charge in [-0.05, 0) is 32.9 Å². The lowest BCUT2D eigenvalue weighted by Gasteiger charge is -2.24. The maximum Gasteiger partial charge on any atom is 0.243 e. The number of rotatable bonds is 7. The SMILES string of the molecule is CCN(CC)C(=O)CN(CC)S(=O)(=O)c1ccc(C)cc1. The maximum atomic E-state index is 12.6. The van der Waals surface area contributed by atoms with Crippen LogP contribution in [0.15, 0.2) is 29.2 Å². The normalized spacial score (nSPS) is 11.7. The third-order valence-corrected chi connectivity index (χ3v) is 5.37. The smallest absolute Gasteiger partial charge is 0.243 e. The van der Waals surface area contributed by atoms with Gasteiger partial charge < -0.3 is 4.90 Å². The summed E-state index contributed by atoms with van der Waals surface area (Å²) in [6.07, 6.45) is 0. The largest absolute Gasteiger partial charge is 0.342 e. The van der Waals surface area contributed by atoms with Crippen molar-refractivity contribution in [2.75, 3.05) is 26.2 Å². The van der Waals surface area contributed by atoms with Gasteiger partial charge in [-0.2, -0.15) is 4.31 Å². The molecule has 21 heavy (non-hydrogen) atoms. The Morgan fingerprint density at radius 3 is 1.95 bits per heavy atom. The molecule has 0 bridgehead atoms. The second kappa shape index (κ2) is 7.56. The van der Waals surface area contributed by atoms with E-state index >= 15 is 0 Å². The van der Waals surface area contributed by atoms with Crippen molar-refractivity contribution in [3.05, 3.63) is 29.8 Å². The van der Waals surface area contributed by atoms with Crippen molar-refractivity contribution < 1.29 is 13.2 Å². The summed E-state index contributed by atoms with van der Waals surface area (Å²) in [5.74, 6) is -0.169. The number of sulfonamides is 1. The summed E-state index contributed by atoms with van der Waals surface area (Å²) in [5.41, 5.74) is 0.996. The fraction of sp³-hybridized carbons (Fsp3) is 0.533. The number of nitrogens with zero attached hydrogens (tertiary/aromatic N) is 2. The topological polar surface area (TPSA) is 57.7 Å². The van der Waals surface area contributed by atoms with Crippen molar-refractivity contribution in [1.29, 1.82) is 0 Å². The van der Waals surface area contributed by atoms with Crippen molar-refractivity contribution in [3.63, 3.8) is 0 Å². The lowest BCUT2D eigenvalue weighted by Crippen LogP contribution is -2.42. The first kappa shape index (κ1) is 17.7. The summed E-state index contributed by atoms with van der Waals surface area (Å²) in [5, 5.41) is 0. The number of aryl methyl sites for hydroxylation is 1. The summed E-state index contributed by atoms with van der Waals surface area (Å²) in [7, 11) is -3.63. The molecule has 0 atom stereocenters. The first-order chi connectivity index (χ1) is 9.86. The van der Waals surface area contributed by atoms with Gasteiger partial charge in [-0.25, -0.2) is 8.42 Å². The van der Waals surface area contributed by atoms with Gasteiger partial charge in [0.1, 0.15) is 0 Å². The summed E-state index contributed by atoms with van der Waals surface area (Å²) in [6.45, 7) is 8.71. The highest BCUT2D eigenvalue weighted by molar-refractivity contribution is 7.89. The van der Waals surface area contributed by atoms with Crippen molar-refractivity contribution in [3.8, 4) is 0 Å². The molecule has 1 rings (SSSR count). The monoisotopic (exact) mass is 312 g/mol. The van der Waals surface area contributed by atoms with Gasteiger partial charge in [0.2, 0.25) is 15.9 Å². The van der Waals surface area contributed by atoms with E-state index in [9.17, 15) is 13.2 Å². The zero-order valence-electron chi connectivity index (χ0n) is 13.2. The van der Waals surface area contributed by atoms with Crippen LogP contribution in [0.4, 0.5) is 0 Å². The standard InChI is InChI=1S/C15H24N2O3S/c1-5-16(6-2)15(18)12-17(7-3)21(19,20)14-10-8-13(4)9-11-14/h8-11H,5-7,12H2,1-4H3. The first-order valence-corrected chi connectivity index (χ1v) is 8.65. The molecule has 0 unspecified atom stereocenters. The highest BCUT2D eigenvalue weighted by atomic mass is 32.2. The molecule has 0 aliphatic rings. The van der Waals surface area contributed by atoms with Gasteiger partial charge in [-0.15, -0.1) is 0 Å². The number of benzene rings is 1. The molecule has 0 aliphatic heterocycles. The Morgan fingerprint density at radius 1 is 1.00 bits per heavy atom. The number of carbonyl (C=O) groups is 1. The van der Waals surface area contributed by atoms with Gasteiger partial charge in [0.25, 0.3) is 0 Å². The van der Waals surface area contributed by atoms with Gasteiger partial charge in [-0.3, -0.25) is 4.79 Å². The van der Waals surface area contributed by atoms with Gasteiger partial charge >= 0.3 is 0 Å². The van der Waals surface area contributed by atoms with Crippen molar-refractivity contribution in [2.45, 2.75) is 32.6 Å². The first-order valence-electron chi connectivity index (χ1n) is 7.21. The van der Waals surface area contributed by atoms with Gasteiger partial charge in [0.05, 0.1) is 11.4 Å². The van der Waals surface area contributed by atoms with E-state index in [1.807, 2.05) is 20.8 Å². The Balaban J connectivity index is 2.98. The van der Waals surface area contributed by atoms with E-state index < -0.39 is 10.0 Å². The van der Waals surface area contributed by atoms with Crippen molar-refractivity contribution in [1.82, 2.24) is 9.21 Å². The molecule has 0 aliphatic carbocycles. The fourth-order valence-electron chi connectivity index (χ4n) is 2.05. The Kier molecular flexibility index (Phi) is 6.36. The van der Waals surface area contributed by atoms with Crippen LogP contribution in [0.5, 0.6) is 0 Å². The fourth-order valence-corrected chi connectivity index (χ4v) is 3.45. The van der Waals surface area contributed by atoms with E-state index in [-0.39, 0.29) is 23.9 Å². The molecule has 5 nitrogen and oxygen atoms in total. The quantitative estimate of drug-likeness (QED) is 0.772. The average molecular weight is 312 g/mol. The number of hydrogen-bond donors (Lipinski definition) is 0. The van der Waals surface area contributed by atoms with Crippen LogP contribution in [0.25, 0.3) is 0 Å². The highest BCUT2D eigenvalue weighted by Crippen LogP contribution is 2.16. The third-order valence-electron chi connectivity index (χ3n) is 3.44. The molecule has 0 saturated heterocycles. The molecule has 0 N–H and O–H groups in total. The molecule has 0 fully saturated rings. The summed E-state index contributed by atoms with van der Waals surface area (Å²) in [4.78, 5) is 14.0. The van der Waals surface area contributed by atoms with Crippen LogP contribution in [-0.2, 0) is 14.8 Å². The van der Waals surface area contributed by atoms with E-state index in [2.05, 4.69) is 0 Å². The second-order valence-corrected chi connectivity index (χ2v) is 6.75. The Morgan fingerprint density at radius 2 is 1.52 bits per heavy atom. The molecule has 0 heterocycles. The molecular formula is C15H24N2O3S. The lowest BCUT2D eigenvalue weighted by molar-refractivity contribution is -0.131. The number of hydrogen-bond acceptors (Lipinski definition) is 3. The van der Waals surface area contributed by atoms with E-state index in [0.29, 0.717) is 13.1 Å². The Hall–Kier alpha value is -1.40. The number of amides is 1. The summed E-state index contributed by atoms with van der Waals surface area (Å²) in [6, 6.07) is 6.67. The molecule has 0 saturated carbocycles. The zero-order valence-corrected chi connectivity index (χ0v) is 14.0. The van der Waals surface area contributed by atoms with Crippen LogP contribution in [0, 0.1) is 6.92 Å². The van der Waals surface area contributed by atoms with Crippen LogP contribution in [0.2, 0.25) is 0 Å². The summed E-state index contributed by atoms with van der Waals surface area (Å²) < 4.78 is 26.3. The number of carbonyl (C=O) groups excluding carboxylic acids is 1. The minimum Gasteiger partial charge on any atom is -0.342 e. The predicted octanol–water partition coefficient (Wildman–Crippen LogP) is 1.87. The van der Waals surface area contributed by atoms with E-state index in [4.69, 9.17) is 0 Å². The minimum atomic E-state index is -3.63. The Labute approximate surface area is 127 Å². The molecule has 0 aromatic heterocycles. The molecular weight excluding hydrogens is 288 g/mol. The average Bonchev–Trinajstić information content (AvgIpc) is 2.46. The van der Waals surface area contributed by atoms with Gasteiger partial charge in [0, 0.05) is 19.6 Å². The predicted molar refractivity (Wildman–Crippen MR) is 83.5 cm³/mol. The van der Waals surface area contributed by atoms with Crippen molar-refractivity contribution >= 4 is 15.9 Å². The molecule has 0 radical (unpaired) electrons. The van der Waals surface area contributed by atoms with Crippen LogP contribution >= 0.6 is 0 Å². The van der Waals surface area contributed by atoms with Crippen molar-refractivity contribution in [2.24, 2.45) is 0 Å². The van der Waals surface area contributed by atoms with Gasteiger partial charge in [-0.1, -0.05) is 24.6 Å².